The fourth-order valence-corrected chi connectivity index (χ4v) is 3.06. The molecular formula is C17H23FN4OS. The Morgan fingerprint density at radius 2 is 2.04 bits per heavy atom. The van der Waals surface area contributed by atoms with E-state index in [4.69, 9.17) is 4.74 Å². The molecule has 0 spiro atoms. The molecule has 1 aromatic carbocycles. The van der Waals surface area contributed by atoms with Gasteiger partial charge in [0.15, 0.2) is 5.96 Å². The van der Waals surface area contributed by atoms with Gasteiger partial charge in [-0.15, -0.1) is 11.3 Å². The first-order valence-electron chi connectivity index (χ1n) is 7.67. The van der Waals surface area contributed by atoms with E-state index in [9.17, 15) is 4.39 Å². The molecule has 0 atom stereocenters. The summed E-state index contributed by atoms with van der Waals surface area (Å²) in [6.07, 6.45) is 0. The molecule has 7 heteroatoms. The SMILES string of the molecule is CN=C(NCc1ccc(F)c(COC)c1)NCc1nc(C)c(C)s1. The van der Waals surface area contributed by atoms with Crippen molar-refractivity contribution >= 4 is 17.3 Å². The second-order valence-corrected chi connectivity index (χ2v) is 6.68. The number of aliphatic imine (C=N–C) groups is 1. The Morgan fingerprint density at radius 1 is 1.29 bits per heavy atom. The standard InChI is InChI=1S/C17H23FN4OS/c1-11-12(2)24-16(22-11)9-21-17(19-3)20-8-13-5-6-15(18)14(7-13)10-23-4/h5-7H,8-10H2,1-4H3,(H2,19,20,21). The minimum atomic E-state index is -0.252. The average Bonchev–Trinajstić information content (AvgIpc) is 2.89. The molecular weight excluding hydrogens is 327 g/mol. The third kappa shape index (κ3) is 5.01. The zero-order chi connectivity index (χ0) is 17.5. The fourth-order valence-electron chi connectivity index (χ4n) is 2.18. The minimum Gasteiger partial charge on any atom is -0.380 e. The number of benzene rings is 1. The molecule has 2 rings (SSSR count). The van der Waals surface area contributed by atoms with E-state index < -0.39 is 0 Å². The molecule has 130 valence electrons. The molecule has 0 aliphatic heterocycles. The second kappa shape index (κ2) is 8.75. The number of aryl methyl sites for hydroxylation is 2. The Bertz CT molecular complexity index is 695. The lowest BCUT2D eigenvalue weighted by Gasteiger charge is -2.12. The van der Waals surface area contributed by atoms with E-state index in [0.717, 1.165) is 16.3 Å². The van der Waals surface area contributed by atoms with Crippen LogP contribution in [0.25, 0.3) is 0 Å². The van der Waals surface area contributed by atoms with E-state index in [2.05, 4.69) is 27.5 Å². The van der Waals surface area contributed by atoms with Crippen LogP contribution >= 0.6 is 11.3 Å². The van der Waals surface area contributed by atoms with Gasteiger partial charge in [0.25, 0.3) is 0 Å². The van der Waals surface area contributed by atoms with Gasteiger partial charge in [-0.25, -0.2) is 9.37 Å². The van der Waals surface area contributed by atoms with Crippen LogP contribution in [0, 0.1) is 19.7 Å². The van der Waals surface area contributed by atoms with Gasteiger partial charge < -0.3 is 15.4 Å². The number of nitrogens with one attached hydrogen (secondary N) is 2. The molecule has 0 bridgehead atoms. The van der Waals surface area contributed by atoms with Gasteiger partial charge in [-0.1, -0.05) is 6.07 Å². The molecule has 2 N–H and O–H groups in total. The van der Waals surface area contributed by atoms with Gasteiger partial charge in [0.2, 0.25) is 0 Å². The van der Waals surface area contributed by atoms with E-state index in [1.807, 2.05) is 6.92 Å². The summed E-state index contributed by atoms with van der Waals surface area (Å²) < 4.78 is 18.6. The number of hydrogen-bond donors (Lipinski definition) is 2. The average molecular weight is 350 g/mol. The second-order valence-electron chi connectivity index (χ2n) is 5.39. The monoisotopic (exact) mass is 350 g/mol. The highest BCUT2D eigenvalue weighted by atomic mass is 32.1. The maximum atomic E-state index is 13.6. The molecule has 0 amide bonds. The van der Waals surface area contributed by atoms with Crippen LogP contribution < -0.4 is 10.6 Å². The highest BCUT2D eigenvalue weighted by Crippen LogP contribution is 2.16. The third-order valence-corrected chi connectivity index (χ3v) is 4.65. The molecule has 2 aromatic rings. The lowest BCUT2D eigenvalue weighted by molar-refractivity contribution is 0.181. The summed E-state index contributed by atoms with van der Waals surface area (Å²) >= 11 is 1.68. The van der Waals surface area contributed by atoms with Crippen LogP contribution in [-0.2, 0) is 24.4 Å². The third-order valence-electron chi connectivity index (χ3n) is 3.57. The lowest BCUT2D eigenvalue weighted by atomic mass is 10.1. The Morgan fingerprint density at radius 3 is 2.67 bits per heavy atom. The van der Waals surface area contributed by atoms with Crippen LogP contribution in [0.5, 0.6) is 0 Å². The maximum Gasteiger partial charge on any atom is 0.191 e. The highest BCUT2D eigenvalue weighted by Gasteiger charge is 2.06. The first kappa shape index (κ1) is 18.4. The van der Waals surface area contributed by atoms with E-state index in [-0.39, 0.29) is 12.4 Å². The molecule has 0 aliphatic rings. The number of halogens is 1. The van der Waals surface area contributed by atoms with Crippen molar-refractivity contribution in [2.45, 2.75) is 33.5 Å². The number of thiazole rings is 1. The van der Waals surface area contributed by atoms with Crippen LogP contribution in [0.3, 0.4) is 0 Å². The van der Waals surface area contributed by atoms with Gasteiger partial charge in [0.1, 0.15) is 10.8 Å². The normalized spacial score (nSPS) is 11.6. The smallest absolute Gasteiger partial charge is 0.191 e. The van der Waals surface area contributed by atoms with Crippen LogP contribution in [0.1, 0.15) is 26.7 Å². The number of ether oxygens (including phenoxy) is 1. The molecule has 24 heavy (non-hydrogen) atoms. The van der Waals surface area contributed by atoms with Crippen molar-refractivity contribution in [3.05, 3.63) is 50.7 Å². The molecule has 1 aromatic heterocycles. The maximum absolute atomic E-state index is 13.6. The Hall–Kier alpha value is -1.99. The number of nitrogens with zero attached hydrogens (tertiary/aromatic N) is 2. The molecule has 1 heterocycles. The first-order valence-corrected chi connectivity index (χ1v) is 8.48. The summed E-state index contributed by atoms with van der Waals surface area (Å²) in [4.78, 5) is 9.92. The molecule has 0 aliphatic carbocycles. The summed E-state index contributed by atoms with van der Waals surface area (Å²) in [5.41, 5.74) is 2.58. The van der Waals surface area contributed by atoms with Gasteiger partial charge in [0, 0.05) is 31.1 Å². The summed E-state index contributed by atoms with van der Waals surface area (Å²) in [5.74, 6) is 0.427. The predicted octanol–water partition coefficient (Wildman–Crippen LogP) is 2.91. The largest absolute Gasteiger partial charge is 0.380 e. The summed E-state index contributed by atoms with van der Waals surface area (Å²) in [7, 11) is 3.27. The van der Waals surface area contributed by atoms with Crippen molar-refractivity contribution in [1.82, 2.24) is 15.6 Å². The number of aromatic nitrogens is 1. The lowest BCUT2D eigenvalue weighted by Crippen LogP contribution is -2.36. The molecule has 0 saturated heterocycles. The van der Waals surface area contributed by atoms with Crippen LogP contribution in [0.2, 0.25) is 0 Å². The van der Waals surface area contributed by atoms with Gasteiger partial charge in [-0.3, -0.25) is 4.99 Å². The van der Waals surface area contributed by atoms with Gasteiger partial charge in [-0.2, -0.15) is 0 Å². The van der Waals surface area contributed by atoms with E-state index >= 15 is 0 Å². The van der Waals surface area contributed by atoms with Crippen LogP contribution in [0.15, 0.2) is 23.2 Å². The summed E-state index contributed by atoms with van der Waals surface area (Å²) in [6.45, 7) is 5.50. The Balaban J connectivity index is 1.90. The van der Waals surface area contributed by atoms with Crippen molar-refractivity contribution in [2.24, 2.45) is 4.99 Å². The predicted molar refractivity (Wildman–Crippen MR) is 95.7 cm³/mol. The quantitative estimate of drug-likeness (QED) is 0.621. The minimum absolute atomic E-state index is 0.252. The van der Waals surface area contributed by atoms with Gasteiger partial charge >= 0.3 is 0 Å². The van der Waals surface area contributed by atoms with Gasteiger partial charge in [-0.05, 0) is 31.5 Å². The van der Waals surface area contributed by atoms with E-state index in [1.54, 1.807) is 37.6 Å². The van der Waals surface area contributed by atoms with Crippen molar-refractivity contribution in [3.8, 4) is 0 Å². The zero-order valence-electron chi connectivity index (χ0n) is 14.4. The summed E-state index contributed by atoms with van der Waals surface area (Å²) in [5, 5.41) is 7.48. The fraction of sp³-hybridized carbons (Fsp3) is 0.412. The molecule has 0 unspecified atom stereocenters. The molecule has 0 saturated carbocycles. The summed E-state index contributed by atoms with van der Waals surface area (Å²) in [6, 6.07) is 5.01. The number of hydrogen-bond acceptors (Lipinski definition) is 4. The zero-order valence-corrected chi connectivity index (χ0v) is 15.3. The van der Waals surface area contributed by atoms with Crippen molar-refractivity contribution in [2.75, 3.05) is 14.2 Å². The van der Waals surface area contributed by atoms with Crippen molar-refractivity contribution in [3.63, 3.8) is 0 Å². The van der Waals surface area contributed by atoms with E-state index in [1.165, 1.54) is 10.9 Å². The Labute approximate surface area is 146 Å². The number of rotatable bonds is 6. The van der Waals surface area contributed by atoms with Gasteiger partial charge in [0.05, 0.1) is 18.8 Å². The van der Waals surface area contributed by atoms with Crippen LogP contribution in [-0.4, -0.2) is 25.1 Å². The van der Waals surface area contributed by atoms with Crippen LogP contribution in [0.4, 0.5) is 4.39 Å². The highest BCUT2D eigenvalue weighted by molar-refractivity contribution is 7.11. The molecule has 5 nitrogen and oxygen atoms in total. The van der Waals surface area contributed by atoms with Crippen molar-refractivity contribution < 1.29 is 9.13 Å². The van der Waals surface area contributed by atoms with E-state index in [0.29, 0.717) is 24.6 Å². The number of methoxy groups -OCH3 is 1. The first-order chi connectivity index (χ1) is 11.5. The topological polar surface area (TPSA) is 58.5 Å². The Kier molecular flexibility index (Phi) is 6.69. The molecule has 0 radical (unpaired) electrons. The van der Waals surface area contributed by atoms with Crippen molar-refractivity contribution in [1.29, 1.82) is 0 Å². The molecule has 0 fully saturated rings. The number of guanidine groups is 1.